The summed E-state index contributed by atoms with van der Waals surface area (Å²) in [6, 6.07) is 0. The van der Waals surface area contributed by atoms with Gasteiger partial charge in [-0.1, -0.05) is 64.8 Å². The number of aliphatic hydroxyl groups is 1. The van der Waals surface area contributed by atoms with Crippen molar-refractivity contribution >= 4 is 22.8 Å². The Morgan fingerprint density at radius 3 is 1.63 bits per heavy atom. The van der Waals surface area contributed by atoms with Gasteiger partial charge in [0.05, 0.1) is 6.61 Å². The average Bonchev–Trinajstić information content (AvgIpc) is 3.69. The molecular formula is C30H53ClO4. The third-order valence-electron chi connectivity index (χ3n) is 7.50. The van der Waals surface area contributed by atoms with Gasteiger partial charge in [-0.3, -0.25) is 9.59 Å². The molecule has 0 aliphatic heterocycles. The predicted molar refractivity (Wildman–Crippen MR) is 148 cm³/mol. The first-order valence-corrected chi connectivity index (χ1v) is 13.7. The molecule has 0 spiro atoms. The minimum atomic E-state index is -0.273. The van der Waals surface area contributed by atoms with Crippen molar-refractivity contribution < 1.29 is 19.4 Å². The van der Waals surface area contributed by atoms with Crippen molar-refractivity contribution in [2.24, 2.45) is 34.5 Å². The third kappa shape index (κ3) is 13.7. The van der Waals surface area contributed by atoms with Crippen LogP contribution in [0, 0.1) is 34.5 Å². The molecule has 0 aromatic rings. The van der Waals surface area contributed by atoms with Gasteiger partial charge in [-0.05, 0) is 94.1 Å². The minimum Gasteiger partial charge on any atom is -0.465 e. The summed E-state index contributed by atoms with van der Waals surface area (Å²) in [5.41, 5.74) is 3.27. The van der Waals surface area contributed by atoms with Crippen LogP contribution in [0.25, 0.3) is 0 Å². The van der Waals surface area contributed by atoms with E-state index < -0.39 is 0 Å². The normalized spacial score (nSPS) is 27.5. The second-order valence-electron chi connectivity index (χ2n) is 11.8. The van der Waals surface area contributed by atoms with E-state index in [1.807, 2.05) is 6.92 Å². The Morgan fingerprint density at radius 1 is 0.914 bits per heavy atom. The summed E-state index contributed by atoms with van der Waals surface area (Å²) >= 11 is 4.82. The molecular weight excluding hydrogens is 460 g/mol. The summed E-state index contributed by atoms with van der Waals surface area (Å²) < 4.78 is 5.27. The molecule has 0 unspecified atom stereocenters. The van der Waals surface area contributed by atoms with Crippen LogP contribution in [0.5, 0.6) is 0 Å². The lowest BCUT2D eigenvalue weighted by atomic mass is 9.94. The van der Waals surface area contributed by atoms with Crippen molar-refractivity contribution in [3.63, 3.8) is 0 Å². The van der Waals surface area contributed by atoms with E-state index in [1.54, 1.807) is 6.92 Å². The lowest BCUT2D eigenvalue weighted by molar-refractivity contribution is -0.145. The molecule has 2 aliphatic rings. The Balaban J connectivity index is 0.000000567. The van der Waals surface area contributed by atoms with E-state index in [9.17, 15) is 9.59 Å². The smallest absolute Gasteiger partial charge is 0.305 e. The fraction of sp³-hybridized carbons (Fsp3) is 0.800. The third-order valence-corrected chi connectivity index (χ3v) is 7.77. The molecule has 0 saturated heterocycles. The van der Waals surface area contributed by atoms with Crippen LogP contribution in [0.1, 0.15) is 108 Å². The minimum absolute atomic E-state index is 0.0752. The quantitative estimate of drug-likeness (QED) is 0.172. The molecule has 4 nitrogen and oxygen atoms in total. The molecule has 2 fully saturated rings. The van der Waals surface area contributed by atoms with Crippen LogP contribution in [0.2, 0.25) is 0 Å². The second kappa shape index (κ2) is 15.9. The monoisotopic (exact) mass is 512 g/mol. The number of aliphatic hydroxyl groups excluding tert-OH is 1. The molecule has 2 saturated carbocycles. The lowest BCUT2D eigenvalue weighted by Gasteiger charge is -2.15. The first-order valence-electron chi connectivity index (χ1n) is 13.4. The topological polar surface area (TPSA) is 63.6 Å². The maximum Gasteiger partial charge on any atom is 0.305 e. The molecule has 5 heteroatoms. The van der Waals surface area contributed by atoms with Crippen molar-refractivity contribution in [2.45, 2.75) is 108 Å². The van der Waals surface area contributed by atoms with E-state index in [2.05, 4.69) is 67.5 Å². The molecule has 2 aliphatic carbocycles. The number of hydrogen-bond donors (Lipinski definition) is 1. The number of esters is 1. The summed E-state index contributed by atoms with van der Waals surface area (Å²) in [5.74, 6) is 2.80. The van der Waals surface area contributed by atoms with Crippen LogP contribution in [0.4, 0.5) is 0 Å². The standard InChI is InChI=1S/C15H26O2.C12H22O.C3H5ClO/c1-6-14(16)17-10-15(5)9-13(15)12(4)8-7-11(2)3;1-9(2)5-6-10(3)11-7-12(11,4)8-13;1-2-3(4)5/h7,12-13H,6,8-10H2,1-5H3;5,10-11,13H,6-8H2,1-4H3;2H2,1H3/t12-,13+,15+;10-,11+,12+;/m00./s1. The number of carbonyl (C=O) groups excluding carboxylic acids is 2. The van der Waals surface area contributed by atoms with Gasteiger partial charge in [0, 0.05) is 24.9 Å². The van der Waals surface area contributed by atoms with Crippen molar-refractivity contribution in [1.29, 1.82) is 0 Å². The van der Waals surface area contributed by atoms with E-state index in [1.165, 1.54) is 30.4 Å². The number of halogens is 1. The summed E-state index contributed by atoms with van der Waals surface area (Å²) in [6.07, 6.45) is 10.2. The average molecular weight is 513 g/mol. The lowest BCUT2D eigenvalue weighted by Crippen LogP contribution is -2.15. The highest BCUT2D eigenvalue weighted by atomic mass is 35.5. The predicted octanol–water partition coefficient (Wildman–Crippen LogP) is 8.12. The zero-order valence-corrected chi connectivity index (χ0v) is 24.9. The summed E-state index contributed by atoms with van der Waals surface area (Å²) in [6.45, 7) is 22.1. The Kier molecular flexibility index (Phi) is 15.4. The van der Waals surface area contributed by atoms with Gasteiger partial charge in [-0.15, -0.1) is 0 Å². The van der Waals surface area contributed by atoms with Gasteiger partial charge >= 0.3 is 5.97 Å². The van der Waals surface area contributed by atoms with Crippen molar-refractivity contribution in [3.05, 3.63) is 23.3 Å². The number of rotatable bonds is 11. The molecule has 204 valence electrons. The summed E-state index contributed by atoms with van der Waals surface area (Å²) in [7, 11) is 0. The number of hydrogen-bond acceptors (Lipinski definition) is 4. The maximum atomic E-state index is 11.1. The first kappa shape index (κ1) is 33.9. The summed E-state index contributed by atoms with van der Waals surface area (Å²) in [5, 5.41) is 8.87. The van der Waals surface area contributed by atoms with Crippen LogP contribution in [0.15, 0.2) is 23.3 Å². The van der Waals surface area contributed by atoms with Crippen molar-refractivity contribution in [2.75, 3.05) is 13.2 Å². The van der Waals surface area contributed by atoms with E-state index in [4.69, 9.17) is 21.4 Å². The Labute approximate surface area is 220 Å². The molecule has 2 rings (SSSR count). The highest BCUT2D eigenvalue weighted by molar-refractivity contribution is 6.63. The van der Waals surface area contributed by atoms with Gasteiger partial charge in [0.25, 0.3) is 0 Å². The van der Waals surface area contributed by atoms with Gasteiger partial charge in [-0.25, -0.2) is 0 Å². The highest BCUT2D eigenvalue weighted by Crippen LogP contribution is 2.57. The van der Waals surface area contributed by atoms with E-state index >= 15 is 0 Å². The van der Waals surface area contributed by atoms with Gasteiger partial charge in [0.15, 0.2) is 0 Å². The second-order valence-corrected chi connectivity index (χ2v) is 12.2. The Morgan fingerprint density at radius 2 is 1.31 bits per heavy atom. The highest BCUT2D eigenvalue weighted by Gasteiger charge is 2.53. The fourth-order valence-electron chi connectivity index (χ4n) is 4.53. The Hall–Kier alpha value is -1.13. The molecule has 6 atom stereocenters. The molecule has 0 radical (unpaired) electrons. The Bertz CT molecular complexity index is 720. The van der Waals surface area contributed by atoms with Crippen LogP contribution in [0.3, 0.4) is 0 Å². The summed E-state index contributed by atoms with van der Waals surface area (Å²) in [4.78, 5) is 20.7. The van der Waals surface area contributed by atoms with E-state index in [0.717, 1.165) is 18.3 Å². The van der Waals surface area contributed by atoms with Crippen LogP contribution in [-0.4, -0.2) is 29.5 Å². The number of ether oxygens (including phenoxy) is 1. The molecule has 0 aromatic carbocycles. The number of carbonyl (C=O) groups is 2. The van der Waals surface area contributed by atoms with Crippen LogP contribution in [-0.2, 0) is 14.3 Å². The zero-order valence-electron chi connectivity index (χ0n) is 24.2. The van der Waals surface area contributed by atoms with Gasteiger partial charge < -0.3 is 9.84 Å². The van der Waals surface area contributed by atoms with Crippen LogP contribution >= 0.6 is 11.6 Å². The maximum absolute atomic E-state index is 11.1. The van der Waals surface area contributed by atoms with Gasteiger partial charge in [0.1, 0.15) is 0 Å². The first-order chi connectivity index (χ1) is 16.1. The van der Waals surface area contributed by atoms with E-state index in [-0.39, 0.29) is 22.0 Å². The van der Waals surface area contributed by atoms with Crippen molar-refractivity contribution in [3.8, 4) is 0 Å². The molecule has 0 heterocycles. The molecule has 0 amide bonds. The SMILES string of the molecule is CC(C)=CC[C@H](C)[C@H]1C[C@]1(C)CO.CCC(=O)Cl.CCC(=O)OC[C@@]1(C)C[C@@H]1[C@@H](C)CC=C(C)C. The fourth-order valence-corrected chi connectivity index (χ4v) is 4.53. The van der Waals surface area contributed by atoms with Gasteiger partial charge in [0.2, 0.25) is 5.24 Å². The van der Waals surface area contributed by atoms with Crippen LogP contribution < -0.4 is 0 Å². The molecule has 0 aromatic heterocycles. The number of allylic oxidation sites excluding steroid dienone is 4. The van der Waals surface area contributed by atoms with Gasteiger partial charge in [-0.2, -0.15) is 0 Å². The molecule has 35 heavy (non-hydrogen) atoms. The largest absolute Gasteiger partial charge is 0.465 e. The van der Waals surface area contributed by atoms with E-state index in [0.29, 0.717) is 37.9 Å². The zero-order chi connectivity index (χ0) is 27.4. The molecule has 0 bridgehead atoms. The van der Waals surface area contributed by atoms with Crippen molar-refractivity contribution in [1.82, 2.24) is 0 Å². The molecule has 1 N–H and O–H groups in total.